The molecule has 124 valence electrons. The van der Waals surface area contributed by atoms with E-state index in [0.717, 1.165) is 17.7 Å². The molecule has 1 atom stereocenters. The van der Waals surface area contributed by atoms with E-state index in [4.69, 9.17) is 0 Å². The van der Waals surface area contributed by atoms with Gasteiger partial charge in [0.2, 0.25) is 5.91 Å². The van der Waals surface area contributed by atoms with Gasteiger partial charge in [-0.1, -0.05) is 26.0 Å². The second kappa shape index (κ2) is 7.12. The third kappa shape index (κ3) is 3.71. The second-order valence-electron chi connectivity index (χ2n) is 6.18. The first-order valence-corrected chi connectivity index (χ1v) is 8.02. The van der Waals surface area contributed by atoms with Crippen LogP contribution in [0.4, 0.5) is 5.69 Å². The number of aromatic nitrogens is 4. The molecule has 6 heteroatoms. The number of amides is 1. The molecule has 1 amide bonds. The van der Waals surface area contributed by atoms with Gasteiger partial charge in [-0.25, -0.2) is 4.98 Å². The minimum absolute atomic E-state index is 0.0189. The smallest absolute Gasteiger partial charge is 0.247 e. The van der Waals surface area contributed by atoms with Gasteiger partial charge in [-0.2, -0.15) is 5.10 Å². The van der Waals surface area contributed by atoms with Crippen molar-refractivity contribution in [3.05, 3.63) is 55.1 Å². The van der Waals surface area contributed by atoms with Gasteiger partial charge in [-0.3, -0.25) is 9.89 Å². The molecule has 0 saturated carbocycles. The lowest BCUT2D eigenvalue weighted by atomic mass is 10.0. The van der Waals surface area contributed by atoms with Crippen LogP contribution in [0.1, 0.15) is 26.3 Å². The van der Waals surface area contributed by atoms with Crippen LogP contribution in [0.25, 0.3) is 11.4 Å². The molecule has 2 aromatic heterocycles. The van der Waals surface area contributed by atoms with Gasteiger partial charge in [0.25, 0.3) is 0 Å². The van der Waals surface area contributed by atoms with E-state index in [9.17, 15) is 4.79 Å². The van der Waals surface area contributed by atoms with E-state index in [1.54, 1.807) is 0 Å². The van der Waals surface area contributed by atoms with E-state index in [1.165, 1.54) is 6.33 Å². The molecule has 24 heavy (non-hydrogen) atoms. The molecule has 6 nitrogen and oxygen atoms in total. The summed E-state index contributed by atoms with van der Waals surface area (Å²) in [6.07, 6.45) is 6.10. The van der Waals surface area contributed by atoms with Crippen molar-refractivity contribution in [1.82, 2.24) is 19.7 Å². The summed E-state index contributed by atoms with van der Waals surface area (Å²) in [5.41, 5.74) is 1.63. The zero-order valence-corrected chi connectivity index (χ0v) is 13.8. The first kappa shape index (κ1) is 16.0. The number of benzene rings is 1. The van der Waals surface area contributed by atoms with Crippen LogP contribution in [0.2, 0.25) is 0 Å². The van der Waals surface area contributed by atoms with E-state index in [-0.39, 0.29) is 11.9 Å². The number of rotatable bonds is 6. The van der Waals surface area contributed by atoms with Crippen molar-refractivity contribution in [2.24, 2.45) is 5.92 Å². The first-order valence-electron chi connectivity index (χ1n) is 8.02. The molecule has 0 saturated heterocycles. The number of hydrogen-bond donors (Lipinski definition) is 2. The van der Waals surface area contributed by atoms with Gasteiger partial charge in [-0.05, 0) is 36.6 Å². The fraction of sp³-hybridized carbons (Fsp3) is 0.278. The summed E-state index contributed by atoms with van der Waals surface area (Å²) in [7, 11) is 0. The highest BCUT2D eigenvalue weighted by Crippen LogP contribution is 2.22. The summed E-state index contributed by atoms with van der Waals surface area (Å²) in [6, 6.07) is 11.2. The Labute approximate surface area is 140 Å². The van der Waals surface area contributed by atoms with Crippen LogP contribution in [0.5, 0.6) is 0 Å². The Hall–Kier alpha value is -2.89. The van der Waals surface area contributed by atoms with Crippen molar-refractivity contribution in [2.45, 2.75) is 26.3 Å². The molecule has 1 aromatic carbocycles. The first-order chi connectivity index (χ1) is 11.6. The van der Waals surface area contributed by atoms with Crippen molar-refractivity contribution in [3.63, 3.8) is 0 Å². The number of anilines is 1. The maximum atomic E-state index is 12.8. The molecule has 2 heterocycles. The highest BCUT2D eigenvalue weighted by atomic mass is 16.2. The quantitative estimate of drug-likeness (QED) is 0.729. The largest absolute Gasteiger partial charge is 0.342 e. The van der Waals surface area contributed by atoms with E-state index in [1.807, 2.05) is 53.4 Å². The molecule has 0 aliphatic heterocycles. The normalized spacial score (nSPS) is 12.3. The SMILES string of the molecule is CC(C)CC(C(=O)Nc1cccc(-c2ncn[nH]2)c1)n1cccc1. The predicted octanol–water partition coefficient (Wildman–Crippen LogP) is 3.50. The van der Waals surface area contributed by atoms with Crippen LogP contribution in [-0.2, 0) is 4.79 Å². The zero-order chi connectivity index (χ0) is 16.9. The molecule has 1 unspecified atom stereocenters. The van der Waals surface area contributed by atoms with Gasteiger partial charge in [0.1, 0.15) is 12.4 Å². The molecular weight excluding hydrogens is 302 g/mol. The van der Waals surface area contributed by atoms with Crippen LogP contribution in [0, 0.1) is 5.92 Å². The lowest BCUT2D eigenvalue weighted by Crippen LogP contribution is -2.26. The Morgan fingerprint density at radius 3 is 2.71 bits per heavy atom. The Bertz CT molecular complexity index is 778. The zero-order valence-electron chi connectivity index (χ0n) is 13.8. The molecule has 2 N–H and O–H groups in total. The number of H-pyrrole nitrogens is 1. The molecule has 3 aromatic rings. The average molecular weight is 323 g/mol. The third-order valence-electron chi connectivity index (χ3n) is 3.80. The molecule has 3 rings (SSSR count). The molecule has 0 aliphatic rings. The van der Waals surface area contributed by atoms with Gasteiger partial charge in [-0.15, -0.1) is 0 Å². The van der Waals surface area contributed by atoms with Crippen LogP contribution in [0.3, 0.4) is 0 Å². The van der Waals surface area contributed by atoms with Crippen LogP contribution in [0.15, 0.2) is 55.1 Å². The Morgan fingerprint density at radius 2 is 2.04 bits per heavy atom. The van der Waals surface area contributed by atoms with Crippen molar-refractivity contribution in [2.75, 3.05) is 5.32 Å². The monoisotopic (exact) mass is 323 g/mol. The van der Waals surface area contributed by atoms with Crippen molar-refractivity contribution in [3.8, 4) is 11.4 Å². The molecule has 0 bridgehead atoms. The Kier molecular flexibility index (Phi) is 4.74. The summed E-state index contributed by atoms with van der Waals surface area (Å²) in [6.45, 7) is 4.24. The Morgan fingerprint density at radius 1 is 1.25 bits per heavy atom. The van der Waals surface area contributed by atoms with E-state index in [2.05, 4.69) is 34.3 Å². The average Bonchev–Trinajstić information content (AvgIpc) is 3.26. The maximum absolute atomic E-state index is 12.8. The molecule has 0 spiro atoms. The number of nitrogens with zero attached hydrogens (tertiary/aromatic N) is 3. The summed E-state index contributed by atoms with van der Waals surface area (Å²) in [5, 5.41) is 9.70. The number of nitrogens with one attached hydrogen (secondary N) is 2. The fourth-order valence-corrected chi connectivity index (χ4v) is 2.68. The van der Waals surface area contributed by atoms with Gasteiger partial charge in [0, 0.05) is 23.6 Å². The van der Waals surface area contributed by atoms with E-state index < -0.39 is 0 Å². The topological polar surface area (TPSA) is 75.6 Å². The van der Waals surface area contributed by atoms with Crippen molar-refractivity contribution >= 4 is 11.6 Å². The third-order valence-corrected chi connectivity index (χ3v) is 3.80. The second-order valence-corrected chi connectivity index (χ2v) is 6.18. The summed E-state index contributed by atoms with van der Waals surface area (Å²) < 4.78 is 1.95. The van der Waals surface area contributed by atoms with E-state index in [0.29, 0.717) is 11.7 Å². The number of aromatic amines is 1. The lowest BCUT2D eigenvalue weighted by molar-refractivity contribution is -0.119. The van der Waals surface area contributed by atoms with Gasteiger partial charge in [0.05, 0.1) is 0 Å². The van der Waals surface area contributed by atoms with Crippen LogP contribution < -0.4 is 5.32 Å². The summed E-state index contributed by atoms with van der Waals surface area (Å²) in [5.74, 6) is 1.08. The summed E-state index contributed by atoms with van der Waals surface area (Å²) >= 11 is 0. The van der Waals surface area contributed by atoms with Gasteiger partial charge >= 0.3 is 0 Å². The highest BCUT2D eigenvalue weighted by molar-refractivity contribution is 5.94. The minimum Gasteiger partial charge on any atom is -0.342 e. The predicted molar refractivity (Wildman–Crippen MR) is 93.4 cm³/mol. The van der Waals surface area contributed by atoms with Gasteiger partial charge in [0.15, 0.2) is 5.82 Å². The van der Waals surface area contributed by atoms with Gasteiger partial charge < -0.3 is 9.88 Å². The van der Waals surface area contributed by atoms with Crippen LogP contribution >= 0.6 is 0 Å². The fourth-order valence-electron chi connectivity index (χ4n) is 2.68. The standard InChI is InChI=1S/C18H21N5O/c1-13(2)10-16(23-8-3-4-9-23)18(24)21-15-7-5-6-14(11-15)17-19-12-20-22-17/h3-9,11-13,16H,10H2,1-2H3,(H,21,24)(H,19,20,22). The van der Waals surface area contributed by atoms with E-state index >= 15 is 0 Å². The Balaban J connectivity index is 1.79. The molecule has 0 radical (unpaired) electrons. The maximum Gasteiger partial charge on any atom is 0.247 e. The number of carbonyl (C=O) groups excluding carboxylic acids is 1. The minimum atomic E-state index is -0.228. The molecule has 0 aliphatic carbocycles. The van der Waals surface area contributed by atoms with Crippen molar-refractivity contribution in [1.29, 1.82) is 0 Å². The highest BCUT2D eigenvalue weighted by Gasteiger charge is 2.21. The van der Waals surface area contributed by atoms with Crippen LogP contribution in [-0.4, -0.2) is 25.7 Å². The lowest BCUT2D eigenvalue weighted by Gasteiger charge is -2.20. The number of carbonyl (C=O) groups is 1. The number of hydrogen-bond acceptors (Lipinski definition) is 3. The molecular formula is C18H21N5O. The van der Waals surface area contributed by atoms with Crippen molar-refractivity contribution < 1.29 is 4.79 Å². The molecule has 0 fully saturated rings. The summed E-state index contributed by atoms with van der Waals surface area (Å²) in [4.78, 5) is 16.9.